The number of carbonyl (C=O) groups excluding carboxylic acids is 1. The van der Waals surface area contributed by atoms with E-state index in [2.05, 4.69) is 20.8 Å². The molecular formula is C16H20N4O3S. The molecule has 2 aromatic rings. The summed E-state index contributed by atoms with van der Waals surface area (Å²) in [5.41, 5.74) is 2.28. The number of sulfone groups is 1. The van der Waals surface area contributed by atoms with Gasteiger partial charge in [0, 0.05) is 37.3 Å². The summed E-state index contributed by atoms with van der Waals surface area (Å²) in [6.45, 7) is 1.78. The number of aromatic nitrogens is 2. The molecule has 1 aromatic heterocycles. The summed E-state index contributed by atoms with van der Waals surface area (Å²) in [7, 11) is -3.31. The summed E-state index contributed by atoms with van der Waals surface area (Å²) in [4.78, 5) is 12.5. The number of H-pyrrole nitrogens is 1. The van der Waals surface area contributed by atoms with Gasteiger partial charge in [-0.25, -0.2) is 8.42 Å². The highest BCUT2D eigenvalue weighted by molar-refractivity contribution is 7.91. The molecule has 24 heavy (non-hydrogen) atoms. The van der Waals surface area contributed by atoms with Crippen molar-refractivity contribution in [2.24, 2.45) is 0 Å². The van der Waals surface area contributed by atoms with E-state index < -0.39 is 9.84 Å². The van der Waals surface area contributed by atoms with E-state index in [0.717, 1.165) is 24.2 Å². The van der Waals surface area contributed by atoms with Crippen LogP contribution in [0.4, 0.5) is 0 Å². The number of fused-ring (bicyclic) bond motifs is 1. The third-order valence-corrected chi connectivity index (χ3v) is 5.82. The lowest BCUT2D eigenvalue weighted by molar-refractivity contribution is 0.0947. The smallest absolute Gasteiger partial charge is 0.272 e. The second-order valence-electron chi connectivity index (χ2n) is 5.70. The van der Waals surface area contributed by atoms with E-state index in [1.807, 2.05) is 0 Å². The number of nitrogens with one attached hydrogen (secondary N) is 3. The molecule has 128 valence electrons. The molecule has 0 fully saturated rings. The highest BCUT2D eigenvalue weighted by Gasteiger charge is 2.21. The minimum atomic E-state index is -3.31. The summed E-state index contributed by atoms with van der Waals surface area (Å²) in [5, 5.41) is 12.9. The summed E-state index contributed by atoms with van der Waals surface area (Å²) in [6.07, 6.45) is 1.18. The largest absolute Gasteiger partial charge is 0.351 e. The zero-order chi connectivity index (χ0) is 17.0. The first kappa shape index (κ1) is 16.7. The van der Waals surface area contributed by atoms with Crippen molar-refractivity contribution >= 4 is 15.7 Å². The molecule has 0 radical (unpaired) electrons. The predicted molar refractivity (Wildman–Crippen MR) is 89.4 cm³/mol. The highest BCUT2D eigenvalue weighted by atomic mass is 32.2. The quantitative estimate of drug-likeness (QED) is 0.665. The average molecular weight is 348 g/mol. The minimum Gasteiger partial charge on any atom is -0.351 e. The molecule has 0 saturated heterocycles. The second-order valence-corrected chi connectivity index (χ2v) is 7.81. The fraction of sp³-hybridized carbons (Fsp3) is 0.375. The Kier molecular flexibility index (Phi) is 4.96. The molecule has 1 aromatic carbocycles. The molecule has 0 aliphatic carbocycles. The lowest BCUT2D eigenvalue weighted by Gasteiger charge is -2.12. The third kappa shape index (κ3) is 3.65. The molecule has 3 rings (SSSR count). The maximum absolute atomic E-state index is 12.2. The summed E-state index contributed by atoms with van der Waals surface area (Å²) in [6, 6.07) is 8.33. The maximum atomic E-state index is 12.2. The van der Waals surface area contributed by atoms with Crippen LogP contribution in [0.1, 0.15) is 28.2 Å². The number of aromatic amines is 1. The molecule has 0 saturated carbocycles. The third-order valence-electron chi connectivity index (χ3n) is 4.00. The summed E-state index contributed by atoms with van der Waals surface area (Å²) < 4.78 is 24.3. The van der Waals surface area contributed by atoms with E-state index in [1.165, 1.54) is 0 Å². The molecule has 1 aliphatic heterocycles. The highest BCUT2D eigenvalue weighted by Crippen LogP contribution is 2.15. The van der Waals surface area contributed by atoms with Gasteiger partial charge in [-0.3, -0.25) is 9.89 Å². The van der Waals surface area contributed by atoms with E-state index in [-0.39, 0.29) is 11.7 Å². The van der Waals surface area contributed by atoms with Crippen molar-refractivity contribution in [1.82, 2.24) is 20.8 Å². The molecule has 8 heteroatoms. The zero-order valence-electron chi connectivity index (χ0n) is 13.2. The Morgan fingerprint density at radius 1 is 1.25 bits per heavy atom. The van der Waals surface area contributed by atoms with Crippen LogP contribution in [-0.2, 0) is 22.8 Å². The topological polar surface area (TPSA) is 104 Å². The van der Waals surface area contributed by atoms with Crippen LogP contribution in [0.3, 0.4) is 0 Å². The standard InChI is InChI=1S/C16H20N4O3S/c21-16(15-13-11-17-9-7-14(13)19-20-15)18-8-4-10-24(22,23)12-5-2-1-3-6-12/h1-3,5-6,17H,4,7-11H2,(H,18,21)(H,19,20). The van der Waals surface area contributed by atoms with Gasteiger partial charge in [-0.1, -0.05) is 18.2 Å². The lowest BCUT2D eigenvalue weighted by atomic mass is 10.1. The Hall–Kier alpha value is -2.19. The van der Waals surface area contributed by atoms with Crippen LogP contribution in [0.2, 0.25) is 0 Å². The van der Waals surface area contributed by atoms with Crippen molar-refractivity contribution in [3.63, 3.8) is 0 Å². The fourth-order valence-electron chi connectivity index (χ4n) is 2.71. The number of hydrogen-bond acceptors (Lipinski definition) is 5. The van der Waals surface area contributed by atoms with E-state index >= 15 is 0 Å². The van der Waals surface area contributed by atoms with Crippen LogP contribution >= 0.6 is 0 Å². The number of benzene rings is 1. The summed E-state index contributed by atoms with van der Waals surface area (Å²) >= 11 is 0. The number of carbonyl (C=O) groups is 1. The van der Waals surface area contributed by atoms with Crippen LogP contribution in [0, 0.1) is 0 Å². The molecule has 0 bridgehead atoms. The number of amides is 1. The summed E-state index contributed by atoms with van der Waals surface area (Å²) in [5.74, 6) is -0.273. The van der Waals surface area contributed by atoms with Crippen molar-refractivity contribution < 1.29 is 13.2 Å². The van der Waals surface area contributed by atoms with Crippen LogP contribution < -0.4 is 10.6 Å². The van der Waals surface area contributed by atoms with Crippen molar-refractivity contribution in [1.29, 1.82) is 0 Å². The van der Waals surface area contributed by atoms with Gasteiger partial charge in [0.2, 0.25) is 0 Å². The van der Waals surface area contributed by atoms with Gasteiger partial charge in [-0.05, 0) is 18.6 Å². The number of rotatable bonds is 6. The van der Waals surface area contributed by atoms with E-state index in [9.17, 15) is 13.2 Å². The first-order chi connectivity index (χ1) is 11.6. The van der Waals surface area contributed by atoms with Gasteiger partial charge < -0.3 is 10.6 Å². The lowest BCUT2D eigenvalue weighted by Crippen LogP contribution is -2.29. The van der Waals surface area contributed by atoms with Gasteiger partial charge >= 0.3 is 0 Å². The Balaban J connectivity index is 1.52. The van der Waals surface area contributed by atoms with Gasteiger partial charge in [0.05, 0.1) is 10.6 Å². The first-order valence-corrected chi connectivity index (χ1v) is 9.56. The Morgan fingerprint density at radius 3 is 2.83 bits per heavy atom. The van der Waals surface area contributed by atoms with Crippen molar-refractivity contribution in [2.45, 2.75) is 24.3 Å². The Bertz CT molecular complexity index is 815. The Morgan fingerprint density at radius 2 is 2.04 bits per heavy atom. The molecule has 0 spiro atoms. The van der Waals surface area contributed by atoms with Crippen LogP contribution in [-0.4, -0.2) is 43.4 Å². The van der Waals surface area contributed by atoms with Crippen LogP contribution in [0.5, 0.6) is 0 Å². The predicted octanol–water partition coefficient (Wildman–Crippen LogP) is 0.649. The van der Waals surface area contributed by atoms with Crippen LogP contribution in [0.15, 0.2) is 35.2 Å². The van der Waals surface area contributed by atoms with Gasteiger partial charge in [-0.2, -0.15) is 5.10 Å². The first-order valence-electron chi connectivity index (χ1n) is 7.91. The normalized spacial score (nSPS) is 14.2. The molecule has 0 atom stereocenters. The van der Waals surface area contributed by atoms with Gasteiger partial charge in [0.1, 0.15) is 0 Å². The molecule has 0 unspecified atom stereocenters. The van der Waals surface area contributed by atoms with Gasteiger partial charge in [-0.15, -0.1) is 0 Å². The van der Waals surface area contributed by atoms with Gasteiger partial charge in [0.15, 0.2) is 15.5 Å². The van der Waals surface area contributed by atoms with Crippen molar-refractivity contribution in [2.75, 3.05) is 18.8 Å². The second kappa shape index (κ2) is 7.14. The van der Waals surface area contributed by atoms with Crippen LogP contribution in [0.25, 0.3) is 0 Å². The van der Waals surface area contributed by atoms with E-state index in [1.54, 1.807) is 30.3 Å². The molecule has 1 amide bonds. The molecule has 2 heterocycles. The SMILES string of the molecule is O=C(NCCCS(=O)(=O)c1ccccc1)c1n[nH]c2c1CNCC2. The molecule has 7 nitrogen and oxygen atoms in total. The molecular weight excluding hydrogens is 328 g/mol. The zero-order valence-corrected chi connectivity index (χ0v) is 14.0. The van der Waals surface area contributed by atoms with Crippen molar-refractivity contribution in [3.05, 3.63) is 47.3 Å². The maximum Gasteiger partial charge on any atom is 0.272 e. The molecule has 3 N–H and O–H groups in total. The number of nitrogens with zero attached hydrogens (tertiary/aromatic N) is 1. The Labute approximate surface area is 140 Å². The molecule has 1 aliphatic rings. The van der Waals surface area contributed by atoms with Crippen molar-refractivity contribution in [3.8, 4) is 0 Å². The minimum absolute atomic E-state index is 0.00246. The van der Waals surface area contributed by atoms with E-state index in [0.29, 0.717) is 30.1 Å². The fourth-order valence-corrected chi connectivity index (χ4v) is 4.04. The number of hydrogen-bond donors (Lipinski definition) is 3. The van der Waals surface area contributed by atoms with E-state index in [4.69, 9.17) is 0 Å². The average Bonchev–Trinajstić information content (AvgIpc) is 3.03. The van der Waals surface area contributed by atoms with Gasteiger partial charge in [0.25, 0.3) is 5.91 Å². The monoisotopic (exact) mass is 348 g/mol.